The van der Waals surface area contributed by atoms with Crippen LogP contribution in [0, 0.1) is 5.82 Å². The molecule has 0 radical (unpaired) electrons. The SMILES string of the molecule is CC1(C(=O)NC2CCCCC2)Cn2nc(-c3cccs3)cc2C(=O)N1c1ccccc1F. The number of hydrogen-bond acceptors (Lipinski definition) is 4. The number of anilines is 1. The standard InChI is InChI=1S/C24H25FN4O2S/c1-24(23(31)26-16-8-3-2-4-9-16)15-28-20(14-18(27-28)21-12-7-13-32-21)22(30)29(24)19-11-6-5-10-17(19)25/h5-7,10-14,16H,2-4,8-9,15H2,1H3,(H,26,31). The van der Waals surface area contributed by atoms with Gasteiger partial charge in [0, 0.05) is 6.04 Å². The van der Waals surface area contributed by atoms with Gasteiger partial charge in [0.25, 0.3) is 5.91 Å². The van der Waals surface area contributed by atoms with Crippen LogP contribution in [0.1, 0.15) is 49.5 Å². The first-order chi connectivity index (χ1) is 15.5. The number of nitrogens with zero attached hydrogens (tertiary/aromatic N) is 3. The van der Waals surface area contributed by atoms with Crippen molar-refractivity contribution in [3.63, 3.8) is 0 Å². The molecule has 6 nitrogen and oxygen atoms in total. The van der Waals surface area contributed by atoms with Crippen LogP contribution in [0.25, 0.3) is 10.6 Å². The number of carbonyl (C=O) groups is 2. The van der Waals surface area contributed by atoms with Crippen LogP contribution in [-0.4, -0.2) is 33.2 Å². The van der Waals surface area contributed by atoms with Crippen molar-refractivity contribution >= 4 is 28.8 Å². The number of halogens is 1. The number of aromatic nitrogens is 2. The summed E-state index contributed by atoms with van der Waals surface area (Å²) in [5.41, 5.74) is -0.195. The van der Waals surface area contributed by atoms with E-state index in [1.54, 1.807) is 35.9 Å². The molecule has 32 heavy (non-hydrogen) atoms. The minimum Gasteiger partial charge on any atom is -0.351 e. The Balaban J connectivity index is 1.57. The van der Waals surface area contributed by atoms with Gasteiger partial charge < -0.3 is 5.32 Å². The molecule has 0 spiro atoms. The molecule has 1 N–H and O–H groups in total. The zero-order chi connectivity index (χ0) is 22.3. The van der Waals surface area contributed by atoms with E-state index in [0.717, 1.165) is 30.6 Å². The molecule has 1 aliphatic heterocycles. The molecule has 1 atom stereocenters. The van der Waals surface area contributed by atoms with Crippen LogP contribution < -0.4 is 10.2 Å². The molecule has 5 rings (SSSR count). The summed E-state index contributed by atoms with van der Waals surface area (Å²) in [6.07, 6.45) is 5.16. The number of benzene rings is 1. The lowest BCUT2D eigenvalue weighted by Crippen LogP contribution is -2.65. The molecule has 1 fully saturated rings. The summed E-state index contributed by atoms with van der Waals surface area (Å²) >= 11 is 1.53. The molecule has 1 aromatic carbocycles. The summed E-state index contributed by atoms with van der Waals surface area (Å²) in [5, 5.41) is 9.71. The lowest BCUT2D eigenvalue weighted by Gasteiger charge is -2.44. The highest BCUT2D eigenvalue weighted by molar-refractivity contribution is 7.13. The number of nitrogens with one attached hydrogen (secondary N) is 1. The van der Waals surface area contributed by atoms with E-state index in [-0.39, 0.29) is 24.2 Å². The van der Waals surface area contributed by atoms with Gasteiger partial charge in [-0.15, -0.1) is 11.3 Å². The van der Waals surface area contributed by atoms with Crippen molar-refractivity contribution < 1.29 is 14.0 Å². The molecule has 3 aromatic rings. The van der Waals surface area contributed by atoms with E-state index in [9.17, 15) is 14.0 Å². The number of rotatable bonds is 4. The quantitative estimate of drug-likeness (QED) is 0.628. The molecular formula is C24H25FN4O2S. The van der Waals surface area contributed by atoms with Gasteiger partial charge in [-0.2, -0.15) is 5.10 Å². The third kappa shape index (κ3) is 3.52. The first-order valence-corrected chi connectivity index (χ1v) is 11.9. The van der Waals surface area contributed by atoms with E-state index in [1.165, 1.54) is 28.7 Å². The van der Waals surface area contributed by atoms with E-state index in [2.05, 4.69) is 10.4 Å². The zero-order valence-corrected chi connectivity index (χ0v) is 18.7. The molecule has 3 heterocycles. The average Bonchev–Trinajstić information content (AvgIpc) is 3.46. The Labute approximate surface area is 190 Å². The Bertz CT molecular complexity index is 1150. The largest absolute Gasteiger partial charge is 0.351 e. The smallest absolute Gasteiger partial charge is 0.277 e. The van der Waals surface area contributed by atoms with Gasteiger partial charge in [-0.1, -0.05) is 37.5 Å². The molecule has 1 saturated carbocycles. The molecule has 2 aliphatic rings. The van der Waals surface area contributed by atoms with Gasteiger partial charge >= 0.3 is 0 Å². The van der Waals surface area contributed by atoms with Crippen molar-refractivity contribution in [2.45, 2.75) is 57.2 Å². The van der Waals surface area contributed by atoms with E-state index in [4.69, 9.17) is 0 Å². The predicted molar refractivity (Wildman–Crippen MR) is 122 cm³/mol. The second kappa shape index (κ2) is 8.16. The Kier molecular flexibility index (Phi) is 5.33. The lowest BCUT2D eigenvalue weighted by molar-refractivity contribution is -0.127. The molecule has 2 amide bonds. The summed E-state index contributed by atoms with van der Waals surface area (Å²) in [6, 6.07) is 11.8. The number of hydrogen-bond donors (Lipinski definition) is 1. The van der Waals surface area contributed by atoms with Crippen LogP contribution in [0.5, 0.6) is 0 Å². The van der Waals surface area contributed by atoms with Gasteiger partial charge in [-0.25, -0.2) is 4.39 Å². The topological polar surface area (TPSA) is 67.2 Å². The molecule has 1 aliphatic carbocycles. The number of fused-ring (bicyclic) bond motifs is 1. The third-order valence-corrected chi connectivity index (χ3v) is 7.34. The Hall–Kier alpha value is -3.00. The van der Waals surface area contributed by atoms with Crippen molar-refractivity contribution in [1.29, 1.82) is 0 Å². The number of thiophene rings is 1. The van der Waals surface area contributed by atoms with Crippen molar-refractivity contribution in [3.05, 3.63) is 59.4 Å². The van der Waals surface area contributed by atoms with Crippen molar-refractivity contribution in [2.24, 2.45) is 0 Å². The van der Waals surface area contributed by atoms with Crippen molar-refractivity contribution in [2.75, 3.05) is 4.90 Å². The average molecular weight is 453 g/mol. The monoisotopic (exact) mass is 452 g/mol. The second-order valence-corrected chi connectivity index (χ2v) is 9.67. The van der Waals surface area contributed by atoms with Gasteiger partial charge in [0.1, 0.15) is 22.7 Å². The normalized spacial score (nSPS) is 21.4. The molecular weight excluding hydrogens is 427 g/mol. The van der Waals surface area contributed by atoms with Crippen LogP contribution in [-0.2, 0) is 11.3 Å². The maximum absolute atomic E-state index is 14.9. The van der Waals surface area contributed by atoms with E-state index >= 15 is 0 Å². The lowest BCUT2D eigenvalue weighted by atomic mass is 9.91. The molecule has 0 saturated heterocycles. The van der Waals surface area contributed by atoms with E-state index < -0.39 is 17.3 Å². The van der Waals surface area contributed by atoms with Gasteiger partial charge in [0.15, 0.2) is 0 Å². The summed E-state index contributed by atoms with van der Waals surface area (Å²) in [4.78, 5) is 29.5. The fourth-order valence-electron chi connectivity index (χ4n) is 4.72. The van der Waals surface area contributed by atoms with Crippen LogP contribution in [0.3, 0.4) is 0 Å². The first-order valence-electron chi connectivity index (χ1n) is 11.0. The van der Waals surface area contributed by atoms with E-state index in [0.29, 0.717) is 11.4 Å². The Morgan fingerprint density at radius 2 is 1.97 bits per heavy atom. The molecule has 1 unspecified atom stereocenters. The van der Waals surface area contributed by atoms with Gasteiger partial charge in [0.2, 0.25) is 5.91 Å². The van der Waals surface area contributed by atoms with E-state index in [1.807, 2.05) is 17.5 Å². The molecule has 0 bridgehead atoms. The highest BCUT2D eigenvalue weighted by Gasteiger charge is 2.50. The minimum absolute atomic E-state index is 0.0753. The van der Waals surface area contributed by atoms with Crippen LogP contribution >= 0.6 is 11.3 Å². The maximum atomic E-state index is 14.9. The van der Waals surface area contributed by atoms with Gasteiger partial charge in [-0.05, 0) is 49.4 Å². The number of amides is 2. The van der Waals surface area contributed by atoms with Crippen molar-refractivity contribution in [3.8, 4) is 10.6 Å². The zero-order valence-electron chi connectivity index (χ0n) is 17.9. The highest BCUT2D eigenvalue weighted by Crippen LogP contribution is 2.36. The molecule has 8 heteroatoms. The summed E-state index contributed by atoms with van der Waals surface area (Å²) in [7, 11) is 0. The fraction of sp³-hybridized carbons (Fsp3) is 0.375. The molecule has 166 valence electrons. The summed E-state index contributed by atoms with van der Waals surface area (Å²) in [6.45, 7) is 1.84. The summed E-state index contributed by atoms with van der Waals surface area (Å²) < 4.78 is 16.5. The Morgan fingerprint density at radius 3 is 2.69 bits per heavy atom. The van der Waals surface area contributed by atoms with Gasteiger partial charge in [-0.3, -0.25) is 19.2 Å². The second-order valence-electron chi connectivity index (χ2n) is 8.72. The minimum atomic E-state index is -1.32. The Morgan fingerprint density at radius 1 is 1.19 bits per heavy atom. The summed E-state index contributed by atoms with van der Waals surface area (Å²) in [5.74, 6) is -1.25. The predicted octanol–water partition coefficient (Wildman–Crippen LogP) is 4.62. The van der Waals surface area contributed by atoms with Crippen molar-refractivity contribution in [1.82, 2.24) is 15.1 Å². The number of para-hydroxylation sites is 1. The maximum Gasteiger partial charge on any atom is 0.277 e. The first kappa shape index (κ1) is 20.9. The van der Waals surface area contributed by atoms with Crippen LogP contribution in [0.2, 0.25) is 0 Å². The fourth-order valence-corrected chi connectivity index (χ4v) is 5.41. The van der Waals surface area contributed by atoms with Gasteiger partial charge in [0.05, 0.1) is 17.1 Å². The third-order valence-electron chi connectivity index (χ3n) is 6.45. The van der Waals surface area contributed by atoms with Crippen LogP contribution in [0.4, 0.5) is 10.1 Å². The van der Waals surface area contributed by atoms with Crippen LogP contribution in [0.15, 0.2) is 47.8 Å². The number of carbonyl (C=O) groups excluding carboxylic acids is 2. The highest BCUT2D eigenvalue weighted by atomic mass is 32.1. The molecule has 2 aromatic heterocycles.